The van der Waals surface area contributed by atoms with Crippen molar-refractivity contribution in [2.75, 3.05) is 40.2 Å². The lowest BCUT2D eigenvalue weighted by molar-refractivity contribution is 0.0662. The van der Waals surface area contributed by atoms with Gasteiger partial charge in [0.15, 0.2) is 11.5 Å². The van der Waals surface area contributed by atoms with Crippen molar-refractivity contribution in [1.82, 2.24) is 5.32 Å². The third kappa shape index (κ3) is 4.53. The first-order valence-electron chi connectivity index (χ1n) is 7.35. The Bertz CT molecular complexity index is 447. The summed E-state index contributed by atoms with van der Waals surface area (Å²) in [6, 6.07) is 4.12. The van der Waals surface area contributed by atoms with Crippen LogP contribution in [-0.4, -0.2) is 40.2 Å². The molecule has 0 aliphatic carbocycles. The number of thioether (sulfide) groups is 1. The summed E-state index contributed by atoms with van der Waals surface area (Å²) in [5, 5.41) is 3.57. The van der Waals surface area contributed by atoms with Gasteiger partial charge in [-0.1, -0.05) is 0 Å². The third-order valence-corrected chi connectivity index (χ3v) is 4.70. The molecule has 1 aliphatic heterocycles. The monoisotopic (exact) mass is 311 g/mol. The first kappa shape index (κ1) is 16.5. The van der Waals surface area contributed by atoms with Gasteiger partial charge in [0.1, 0.15) is 0 Å². The second kappa shape index (κ2) is 8.51. The van der Waals surface area contributed by atoms with Crippen molar-refractivity contribution < 1.29 is 14.2 Å². The van der Waals surface area contributed by atoms with Gasteiger partial charge in [-0.3, -0.25) is 0 Å². The van der Waals surface area contributed by atoms with Crippen molar-refractivity contribution in [2.24, 2.45) is 5.92 Å². The predicted molar refractivity (Wildman–Crippen MR) is 86.6 cm³/mol. The lowest BCUT2D eigenvalue weighted by Gasteiger charge is -2.22. The van der Waals surface area contributed by atoms with E-state index >= 15 is 0 Å². The Morgan fingerprint density at radius 1 is 1.19 bits per heavy atom. The van der Waals surface area contributed by atoms with Crippen molar-refractivity contribution >= 4 is 11.8 Å². The van der Waals surface area contributed by atoms with Crippen LogP contribution < -0.4 is 14.8 Å². The minimum Gasteiger partial charge on any atom is -0.493 e. The molecule has 4 nitrogen and oxygen atoms in total. The van der Waals surface area contributed by atoms with E-state index in [0.29, 0.717) is 0 Å². The molecular weight excluding hydrogens is 286 g/mol. The summed E-state index contributed by atoms with van der Waals surface area (Å²) in [4.78, 5) is 1.23. The molecule has 0 bridgehead atoms. The number of ether oxygens (including phenoxy) is 3. The first-order valence-corrected chi connectivity index (χ1v) is 8.58. The van der Waals surface area contributed by atoms with Gasteiger partial charge in [0.05, 0.1) is 14.2 Å². The highest BCUT2D eigenvalue weighted by atomic mass is 32.2. The predicted octanol–water partition coefficient (Wildman–Crippen LogP) is 2.94. The molecule has 2 rings (SSSR count). The van der Waals surface area contributed by atoms with Crippen molar-refractivity contribution in [1.29, 1.82) is 0 Å². The summed E-state index contributed by atoms with van der Waals surface area (Å²) in [5.41, 5.74) is 1.26. The maximum atomic E-state index is 5.40. The molecule has 118 valence electrons. The van der Waals surface area contributed by atoms with Gasteiger partial charge in [-0.05, 0) is 49.3 Å². The zero-order chi connectivity index (χ0) is 15.1. The average Bonchev–Trinajstić information content (AvgIpc) is 2.55. The summed E-state index contributed by atoms with van der Waals surface area (Å²) in [6.07, 6.45) is 4.41. The molecule has 1 aromatic rings. The van der Waals surface area contributed by atoms with Gasteiger partial charge in [0.25, 0.3) is 0 Å². The largest absolute Gasteiger partial charge is 0.493 e. The number of rotatable bonds is 7. The maximum Gasteiger partial charge on any atom is 0.161 e. The topological polar surface area (TPSA) is 39.7 Å². The van der Waals surface area contributed by atoms with E-state index in [-0.39, 0.29) is 0 Å². The van der Waals surface area contributed by atoms with Crippen LogP contribution in [0.4, 0.5) is 0 Å². The van der Waals surface area contributed by atoms with E-state index in [1.165, 1.54) is 10.5 Å². The Kier molecular flexibility index (Phi) is 6.67. The van der Waals surface area contributed by atoms with E-state index < -0.39 is 0 Å². The normalized spacial score (nSPS) is 16.0. The van der Waals surface area contributed by atoms with Crippen LogP contribution in [0.2, 0.25) is 0 Å². The Morgan fingerprint density at radius 2 is 1.86 bits per heavy atom. The highest BCUT2D eigenvalue weighted by Gasteiger charge is 2.14. The minimum atomic E-state index is 0.733. The molecule has 0 amide bonds. The van der Waals surface area contributed by atoms with Crippen LogP contribution in [0.25, 0.3) is 0 Å². The van der Waals surface area contributed by atoms with Gasteiger partial charge >= 0.3 is 0 Å². The number of hydrogen-bond acceptors (Lipinski definition) is 5. The average molecular weight is 311 g/mol. The van der Waals surface area contributed by atoms with Gasteiger partial charge in [-0.15, -0.1) is 11.8 Å². The van der Waals surface area contributed by atoms with Gasteiger partial charge in [0.2, 0.25) is 0 Å². The molecule has 0 saturated carbocycles. The van der Waals surface area contributed by atoms with Crippen LogP contribution >= 0.6 is 11.8 Å². The Morgan fingerprint density at radius 3 is 2.48 bits per heavy atom. The zero-order valence-corrected chi connectivity index (χ0v) is 13.9. The lowest BCUT2D eigenvalue weighted by Crippen LogP contribution is -2.27. The summed E-state index contributed by atoms with van der Waals surface area (Å²) >= 11 is 1.73. The molecule has 1 heterocycles. The molecule has 0 spiro atoms. The SMILES string of the molecule is COc1cc(CNCC2CCOCC2)c(SC)cc1OC. The van der Waals surface area contributed by atoms with Crippen LogP contribution in [0, 0.1) is 5.92 Å². The number of benzene rings is 1. The molecule has 5 heteroatoms. The fourth-order valence-corrected chi connectivity index (χ4v) is 3.21. The quantitative estimate of drug-likeness (QED) is 0.784. The van der Waals surface area contributed by atoms with Crippen molar-refractivity contribution in [3.63, 3.8) is 0 Å². The molecular formula is C16H25NO3S. The molecule has 21 heavy (non-hydrogen) atoms. The molecule has 1 aliphatic rings. The highest BCUT2D eigenvalue weighted by molar-refractivity contribution is 7.98. The first-order chi connectivity index (χ1) is 10.3. The van der Waals surface area contributed by atoms with E-state index in [9.17, 15) is 0 Å². The molecule has 0 atom stereocenters. The van der Waals surface area contributed by atoms with Crippen LogP contribution in [0.3, 0.4) is 0 Å². The van der Waals surface area contributed by atoms with E-state index in [1.54, 1.807) is 26.0 Å². The molecule has 1 N–H and O–H groups in total. The summed E-state index contributed by atoms with van der Waals surface area (Å²) in [5.74, 6) is 2.31. The smallest absolute Gasteiger partial charge is 0.161 e. The molecule has 0 aromatic heterocycles. The third-order valence-electron chi connectivity index (χ3n) is 3.88. The molecule has 1 aromatic carbocycles. The van der Waals surface area contributed by atoms with Crippen LogP contribution in [0.15, 0.2) is 17.0 Å². The molecule has 1 fully saturated rings. The molecule has 0 unspecified atom stereocenters. The van der Waals surface area contributed by atoms with Crippen LogP contribution in [-0.2, 0) is 11.3 Å². The number of nitrogens with one attached hydrogen (secondary N) is 1. The Hall–Kier alpha value is -0.910. The minimum absolute atomic E-state index is 0.733. The van der Waals surface area contributed by atoms with Gasteiger partial charge in [-0.25, -0.2) is 0 Å². The van der Waals surface area contributed by atoms with Gasteiger partial charge in [0, 0.05) is 24.7 Å². The number of hydrogen-bond donors (Lipinski definition) is 1. The maximum absolute atomic E-state index is 5.40. The standard InChI is InChI=1S/C16H25NO3S/c1-18-14-8-13(16(21-3)9-15(14)19-2)11-17-10-12-4-6-20-7-5-12/h8-9,12,17H,4-7,10-11H2,1-3H3. The Balaban J connectivity index is 1.97. The fourth-order valence-electron chi connectivity index (χ4n) is 2.59. The summed E-state index contributed by atoms with van der Waals surface area (Å²) in [6.45, 7) is 3.71. The second-order valence-corrected chi connectivity index (χ2v) is 6.05. The highest BCUT2D eigenvalue weighted by Crippen LogP contribution is 2.34. The van der Waals surface area contributed by atoms with E-state index in [4.69, 9.17) is 14.2 Å². The Labute approximate surface area is 131 Å². The number of methoxy groups -OCH3 is 2. The van der Waals surface area contributed by atoms with E-state index in [1.807, 2.05) is 0 Å². The van der Waals surface area contributed by atoms with E-state index in [0.717, 1.165) is 56.6 Å². The molecule has 1 saturated heterocycles. The van der Waals surface area contributed by atoms with Crippen LogP contribution in [0.5, 0.6) is 11.5 Å². The second-order valence-electron chi connectivity index (χ2n) is 5.21. The van der Waals surface area contributed by atoms with Crippen LogP contribution in [0.1, 0.15) is 18.4 Å². The van der Waals surface area contributed by atoms with Crippen molar-refractivity contribution in [2.45, 2.75) is 24.3 Å². The lowest BCUT2D eigenvalue weighted by atomic mass is 10.0. The molecule has 0 radical (unpaired) electrons. The summed E-state index contributed by atoms with van der Waals surface area (Å²) < 4.78 is 16.1. The van der Waals surface area contributed by atoms with Crippen molar-refractivity contribution in [3.05, 3.63) is 17.7 Å². The van der Waals surface area contributed by atoms with Gasteiger partial charge in [-0.2, -0.15) is 0 Å². The zero-order valence-electron chi connectivity index (χ0n) is 13.1. The van der Waals surface area contributed by atoms with E-state index in [2.05, 4.69) is 23.7 Å². The van der Waals surface area contributed by atoms with Gasteiger partial charge < -0.3 is 19.5 Å². The summed E-state index contributed by atoms with van der Waals surface area (Å²) in [7, 11) is 3.35. The van der Waals surface area contributed by atoms with Crippen molar-refractivity contribution in [3.8, 4) is 11.5 Å². The fraction of sp³-hybridized carbons (Fsp3) is 0.625.